The molecule has 0 nitrogen and oxygen atoms in total. The van der Waals surface area contributed by atoms with Gasteiger partial charge in [-0.05, 0) is 62.5 Å². The van der Waals surface area contributed by atoms with Crippen LogP contribution in [0.1, 0.15) is 66.2 Å². The lowest BCUT2D eigenvalue weighted by molar-refractivity contribution is 0.574. The van der Waals surface area contributed by atoms with Gasteiger partial charge in [0.1, 0.15) is 0 Å². The van der Waals surface area contributed by atoms with Crippen LogP contribution in [0.3, 0.4) is 0 Å². The lowest BCUT2D eigenvalue weighted by Crippen LogP contribution is -1.99. The van der Waals surface area contributed by atoms with Gasteiger partial charge in [0.15, 0.2) is 0 Å². The summed E-state index contributed by atoms with van der Waals surface area (Å²) in [6.45, 7) is 4.34. The van der Waals surface area contributed by atoms with Crippen molar-refractivity contribution in [1.29, 1.82) is 0 Å². The van der Waals surface area contributed by atoms with Crippen molar-refractivity contribution < 1.29 is 0 Å². The zero-order valence-corrected chi connectivity index (χ0v) is 13.3. The fourth-order valence-corrected chi connectivity index (χ4v) is 3.65. The topological polar surface area (TPSA) is 0 Å². The Morgan fingerprint density at radius 2 is 0.952 bits per heavy atom. The number of benzene rings is 2. The summed E-state index contributed by atoms with van der Waals surface area (Å²) in [5.74, 6) is 1.53. The zero-order valence-electron chi connectivity index (χ0n) is 13.3. The standard InChI is InChI=1S/C21H26/c1-16-6-10-20(11-7-16)18-4-3-5-19(15-14-18)21-12-8-17(2)9-13-21/h6-13,18-19H,3-5,14-15H2,1-2H3. The molecule has 0 radical (unpaired) electrons. The van der Waals surface area contributed by atoms with E-state index in [0.717, 1.165) is 11.8 Å². The maximum Gasteiger partial charge on any atom is -0.0162 e. The van der Waals surface area contributed by atoms with Gasteiger partial charge in [0.2, 0.25) is 0 Å². The maximum absolute atomic E-state index is 2.34. The normalized spacial score (nSPS) is 22.8. The number of hydrogen-bond acceptors (Lipinski definition) is 0. The summed E-state index contributed by atoms with van der Waals surface area (Å²) in [5, 5.41) is 0. The van der Waals surface area contributed by atoms with Crippen molar-refractivity contribution in [3.63, 3.8) is 0 Å². The molecule has 2 atom stereocenters. The van der Waals surface area contributed by atoms with Crippen molar-refractivity contribution in [1.82, 2.24) is 0 Å². The van der Waals surface area contributed by atoms with Gasteiger partial charge in [0.05, 0.1) is 0 Å². The molecule has 1 aliphatic carbocycles. The molecule has 0 aromatic heterocycles. The van der Waals surface area contributed by atoms with Crippen LogP contribution in [0.25, 0.3) is 0 Å². The minimum atomic E-state index is 0.765. The van der Waals surface area contributed by atoms with Gasteiger partial charge in [0, 0.05) is 0 Å². The molecule has 0 saturated heterocycles. The van der Waals surface area contributed by atoms with E-state index < -0.39 is 0 Å². The van der Waals surface area contributed by atoms with Gasteiger partial charge in [0.25, 0.3) is 0 Å². The molecule has 0 bridgehead atoms. The molecule has 0 N–H and O–H groups in total. The van der Waals surface area contributed by atoms with Crippen molar-refractivity contribution >= 4 is 0 Å². The Morgan fingerprint density at radius 3 is 1.33 bits per heavy atom. The van der Waals surface area contributed by atoms with Crippen LogP contribution in [0.15, 0.2) is 48.5 Å². The first-order valence-electron chi connectivity index (χ1n) is 8.35. The van der Waals surface area contributed by atoms with E-state index in [-0.39, 0.29) is 0 Å². The predicted molar refractivity (Wildman–Crippen MR) is 90.9 cm³/mol. The minimum Gasteiger partial charge on any atom is -0.0590 e. The van der Waals surface area contributed by atoms with Crippen LogP contribution in [-0.4, -0.2) is 0 Å². The second-order valence-corrected chi connectivity index (χ2v) is 6.72. The van der Waals surface area contributed by atoms with Crippen molar-refractivity contribution in [2.24, 2.45) is 0 Å². The van der Waals surface area contributed by atoms with Gasteiger partial charge in [-0.3, -0.25) is 0 Å². The third kappa shape index (κ3) is 3.56. The third-order valence-electron chi connectivity index (χ3n) is 5.07. The van der Waals surface area contributed by atoms with Gasteiger partial charge < -0.3 is 0 Å². The van der Waals surface area contributed by atoms with E-state index >= 15 is 0 Å². The van der Waals surface area contributed by atoms with Gasteiger partial charge in [-0.2, -0.15) is 0 Å². The molecule has 110 valence electrons. The minimum absolute atomic E-state index is 0.765. The largest absolute Gasteiger partial charge is 0.0590 e. The fraction of sp³-hybridized carbons (Fsp3) is 0.429. The second kappa shape index (κ2) is 6.47. The van der Waals surface area contributed by atoms with Gasteiger partial charge in [-0.1, -0.05) is 66.1 Å². The van der Waals surface area contributed by atoms with Crippen molar-refractivity contribution in [3.8, 4) is 0 Å². The first kappa shape index (κ1) is 14.4. The molecular weight excluding hydrogens is 252 g/mol. The van der Waals surface area contributed by atoms with Crippen LogP contribution in [0.5, 0.6) is 0 Å². The van der Waals surface area contributed by atoms with E-state index in [9.17, 15) is 0 Å². The second-order valence-electron chi connectivity index (χ2n) is 6.72. The molecule has 0 amide bonds. The molecule has 21 heavy (non-hydrogen) atoms. The molecule has 1 fully saturated rings. The number of rotatable bonds is 2. The van der Waals surface area contributed by atoms with E-state index in [1.807, 2.05) is 0 Å². The molecule has 0 heterocycles. The Hall–Kier alpha value is -1.56. The first-order chi connectivity index (χ1) is 10.2. The Morgan fingerprint density at radius 1 is 0.571 bits per heavy atom. The zero-order chi connectivity index (χ0) is 14.7. The van der Waals surface area contributed by atoms with E-state index in [4.69, 9.17) is 0 Å². The van der Waals surface area contributed by atoms with E-state index in [1.165, 1.54) is 43.2 Å². The van der Waals surface area contributed by atoms with Gasteiger partial charge in [-0.15, -0.1) is 0 Å². The average molecular weight is 278 g/mol. The summed E-state index contributed by atoms with van der Waals surface area (Å²) in [6, 6.07) is 18.4. The van der Waals surface area contributed by atoms with E-state index in [1.54, 1.807) is 11.1 Å². The molecular formula is C21H26. The Kier molecular flexibility index (Phi) is 4.43. The fourth-order valence-electron chi connectivity index (χ4n) is 3.65. The summed E-state index contributed by atoms with van der Waals surface area (Å²) in [4.78, 5) is 0. The highest BCUT2D eigenvalue weighted by atomic mass is 14.3. The molecule has 1 saturated carbocycles. The van der Waals surface area contributed by atoms with E-state index in [2.05, 4.69) is 62.4 Å². The highest BCUT2D eigenvalue weighted by molar-refractivity contribution is 5.27. The number of hydrogen-bond donors (Lipinski definition) is 0. The SMILES string of the molecule is Cc1ccc(C2CCCC(c3ccc(C)cc3)CC2)cc1. The lowest BCUT2D eigenvalue weighted by atomic mass is 9.89. The molecule has 2 unspecified atom stereocenters. The predicted octanol–water partition coefficient (Wildman–Crippen LogP) is 6.13. The molecule has 0 spiro atoms. The Labute approximate surface area is 129 Å². The van der Waals surface area contributed by atoms with Gasteiger partial charge in [-0.25, -0.2) is 0 Å². The summed E-state index contributed by atoms with van der Waals surface area (Å²) in [6.07, 6.45) is 6.73. The Bertz CT molecular complexity index is 508. The monoisotopic (exact) mass is 278 g/mol. The van der Waals surface area contributed by atoms with Crippen LogP contribution in [-0.2, 0) is 0 Å². The molecule has 3 rings (SSSR count). The van der Waals surface area contributed by atoms with Crippen molar-refractivity contribution in [3.05, 3.63) is 70.8 Å². The third-order valence-corrected chi connectivity index (χ3v) is 5.07. The maximum atomic E-state index is 2.34. The summed E-state index contributed by atoms with van der Waals surface area (Å²) >= 11 is 0. The van der Waals surface area contributed by atoms with Gasteiger partial charge >= 0.3 is 0 Å². The molecule has 2 aromatic rings. The summed E-state index contributed by atoms with van der Waals surface area (Å²) in [7, 11) is 0. The van der Waals surface area contributed by atoms with Crippen molar-refractivity contribution in [2.75, 3.05) is 0 Å². The van der Waals surface area contributed by atoms with Crippen LogP contribution >= 0.6 is 0 Å². The van der Waals surface area contributed by atoms with Crippen LogP contribution in [0.4, 0.5) is 0 Å². The van der Waals surface area contributed by atoms with Crippen LogP contribution in [0.2, 0.25) is 0 Å². The van der Waals surface area contributed by atoms with E-state index in [0.29, 0.717) is 0 Å². The molecule has 0 aliphatic heterocycles. The quantitative estimate of drug-likeness (QED) is 0.579. The lowest BCUT2D eigenvalue weighted by Gasteiger charge is -2.16. The summed E-state index contributed by atoms with van der Waals surface area (Å²) in [5.41, 5.74) is 5.82. The highest BCUT2D eigenvalue weighted by Crippen LogP contribution is 2.38. The molecule has 1 aliphatic rings. The smallest absolute Gasteiger partial charge is 0.0162 e. The Balaban J connectivity index is 1.69. The highest BCUT2D eigenvalue weighted by Gasteiger charge is 2.21. The van der Waals surface area contributed by atoms with Crippen LogP contribution < -0.4 is 0 Å². The van der Waals surface area contributed by atoms with Crippen molar-refractivity contribution in [2.45, 2.75) is 57.8 Å². The average Bonchev–Trinajstić information content (AvgIpc) is 2.75. The molecule has 2 aromatic carbocycles. The summed E-state index contributed by atoms with van der Waals surface area (Å²) < 4.78 is 0. The molecule has 0 heteroatoms. The number of aryl methyl sites for hydroxylation is 2. The first-order valence-corrected chi connectivity index (χ1v) is 8.35. The van der Waals surface area contributed by atoms with Crippen LogP contribution in [0, 0.1) is 13.8 Å².